The lowest BCUT2D eigenvalue weighted by Gasteiger charge is -2.24. The third-order valence-corrected chi connectivity index (χ3v) is 6.32. The number of thiazole rings is 1. The van der Waals surface area contributed by atoms with Gasteiger partial charge in [0.05, 0.1) is 37.5 Å². The molecule has 0 aliphatic heterocycles. The summed E-state index contributed by atoms with van der Waals surface area (Å²) in [6.07, 6.45) is 0.274. The molecule has 1 amide bonds. The highest BCUT2D eigenvalue weighted by atomic mass is 32.1. The van der Waals surface area contributed by atoms with Gasteiger partial charge < -0.3 is 19.1 Å². The molecule has 2 aromatic carbocycles. The fraction of sp³-hybridized carbons (Fsp3) is 0.417. The van der Waals surface area contributed by atoms with E-state index in [2.05, 4.69) is 18.7 Å². The topological polar surface area (TPSA) is 64.1 Å². The van der Waals surface area contributed by atoms with Crippen molar-refractivity contribution in [3.05, 3.63) is 42.5 Å². The molecule has 0 bridgehead atoms. The minimum Gasteiger partial charge on any atom is -0.493 e. The molecule has 7 nitrogen and oxygen atoms in total. The molecule has 3 aromatic rings. The van der Waals surface area contributed by atoms with E-state index >= 15 is 0 Å². The number of carbonyl (C=O) groups is 1. The number of aromatic nitrogens is 1. The van der Waals surface area contributed by atoms with Gasteiger partial charge in [-0.25, -0.2) is 4.98 Å². The molecule has 0 radical (unpaired) electrons. The largest absolute Gasteiger partial charge is 0.493 e. The van der Waals surface area contributed by atoms with Crippen molar-refractivity contribution in [3.63, 3.8) is 0 Å². The summed E-state index contributed by atoms with van der Waals surface area (Å²) in [4.78, 5) is 22.0. The molecule has 172 valence electrons. The van der Waals surface area contributed by atoms with E-state index in [9.17, 15) is 4.79 Å². The normalized spacial score (nSPS) is 11.0. The second-order valence-corrected chi connectivity index (χ2v) is 8.16. The van der Waals surface area contributed by atoms with Crippen molar-refractivity contribution in [2.75, 3.05) is 51.9 Å². The number of likely N-dealkylation sites (N-methyl/N-ethyl adjacent to an activating group) is 1. The Bertz CT molecular complexity index is 964. The van der Waals surface area contributed by atoms with Gasteiger partial charge in [-0.05, 0) is 25.2 Å². The lowest BCUT2D eigenvalue weighted by molar-refractivity contribution is -0.119. The van der Waals surface area contributed by atoms with Crippen molar-refractivity contribution in [1.82, 2.24) is 9.88 Å². The van der Waals surface area contributed by atoms with E-state index in [-0.39, 0.29) is 12.3 Å². The number of ether oxygens (including phenoxy) is 3. The molecule has 1 heterocycles. The van der Waals surface area contributed by atoms with Crippen LogP contribution >= 0.6 is 11.3 Å². The maximum absolute atomic E-state index is 13.2. The molecule has 0 unspecified atom stereocenters. The number of methoxy groups -OCH3 is 2. The van der Waals surface area contributed by atoms with E-state index in [1.54, 1.807) is 19.1 Å². The quantitative estimate of drug-likeness (QED) is 0.400. The second kappa shape index (κ2) is 11.7. The van der Waals surface area contributed by atoms with E-state index in [0.717, 1.165) is 35.6 Å². The zero-order chi connectivity index (χ0) is 22.9. The number of benzene rings is 2. The first-order valence-electron chi connectivity index (χ1n) is 10.8. The minimum absolute atomic E-state index is 0.00827. The Hall–Kier alpha value is -2.84. The predicted molar refractivity (Wildman–Crippen MR) is 129 cm³/mol. The van der Waals surface area contributed by atoms with Gasteiger partial charge in [-0.3, -0.25) is 9.69 Å². The van der Waals surface area contributed by atoms with Crippen molar-refractivity contribution in [2.45, 2.75) is 20.3 Å². The van der Waals surface area contributed by atoms with Crippen LogP contribution in [-0.2, 0) is 4.79 Å². The summed E-state index contributed by atoms with van der Waals surface area (Å²) in [5.41, 5.74) is 0.781. The molecular weight excluding hydrogens is 426 g/mol. The number of carbonyl (C=O) groups excluding carboxylic acids is 1. The number of amides is 1. The van der Waals surface area contributed by atoms with Crippen LogP contribution in [-0.4, -0.2) is 62.8 Å². The highest BCUT2D eigenvalue weighted by Gasteiger charge is 2.21. The Morgan fingerprint density at radius 3 is 2.34 bits per heavy atom. The first kappa shape index (κ1) is 23.8. The Kier molecular flexibility index (Phi) is 8.70. The van der Waals surface area contributed by atoms with Gasteiger partial charge in [0.1, 0.15) is 5.75 Å². The zero-order valence-electron chi connectivity index (χ0n) is 19.2. The molecule has 0 saturated carbocycles. The van der Waals surface area contributed by atoms with Crippen LogP contribution in [0.5, 0.6) is 17.2 Å². The number of para-hydroxylation sites is 1. The highest BCUT2D eigenvalue weighted by Crippen LogP contribution is 2.37. The number of fused-ring (bicyclic) bond motifs is 1. The summed E-state index contributed by atoms with van der Waals surface area (Å²) in [6.45, 7) is 7.78. The summed E-state index contributed by atoms with van der Waals surface area (Å²) in [5.74, 6) is 2.02. The molecule has 1 aromatic heterocycles. The van der Waals surface area contributed by atoms with E-state index in [1.807, 2.05) is 42.5 Å². The first-order chi connectivity index (χ1) is 15.6. The first-order valence-corrected chi connectivity index (χ1v) is 11.6. The highest BCUT2D eigenvalue weighted by molar-refractivity contribution is 7.22. The van der Waals surface area contributed by atoms with Gasteiger partial charge >= 0.3 is 0 Å². The minimum atomic E-state index is -0.00827. The number of hydrogen-bond acceptors (Lipinski definition) is 7. The van der Waals surface area contributed by atoms with Crippen molar-refractivity contribution in [3.8, 4) is 17.2 Å². The van der Waals surface area contributed by atoms with Crippen LogP contribution in [0.4, 0.5) is 5.13 Å². The smallest absolute Gasteiger partial charge is 0.232 e. The molecule has 0 fully saturated rings. The number of nitrogens with zero attached hydrogens (tertiary/aromatic N) is 3. The van der Waals surface area contributed by atoms with Crippen LogP contribution < -0.4 is 19.1 Å². The van der Waals surface area contributed by atoms with Crippen LogP contribution in [0.3, 0.4) is 0 Å². The summed E-state index contributed by atoms with van der Waals surface area (Å²) < 4.78 is 17.5. The van der Waals surface area contributed by atoms with Gasteiger partial charge in [-0.2, -0.15) is 0 Å². The van der Waals surface area contributed by atoms with E-state index in [0.29, 0.717) is 29.8 Å². The molecule has 0 aliphatic rings. The second-order valence-electron chi connectivity index (χ2n) is 7.16. The summed E-state index contributed by atoms with van der Waals surface area (Å²) in [5, 5.41) is 0.673. The molecule has 0 saturated heterocycles. The van der Waals surface area contributed by atoms with Crippen molar-refractivity contribution < 1.29 is 19.0 Å². The van der Waals surface area contributed by atoms with Crippen LogP contribution in [0.25, 0.3) is 10.2 Å². The summed E-state index contributed by atoms with van der Waals surface area (Å²) in [7, 11) is 3.21. The van der Waals surface area contributed by atoms with Crippen molar-refractivity contribution in [2.24, 2.45) is 0 Å². The van der Waals surface area contributed by atoms with Crippen molar-refractivity contribution in [1.29, 1.82) is 0 Å². The Morgan fingerprint density at radius 2 is 1.69 bits per heavy atom. The zero-order valence-corrected chi connectivity index (χ0v) is 20.0. The average Bonchev–Trinajstić information content (AvgIpc) is 3.23. The molecule has 0 N–H and O–H groups in total. The Morgan fingerprint density at radius 1 is 1.00 bits per heavy atom. The predicted octanol–water partition coefficient (Wildman–Crippen LogP) is 4.46. The molecule has 8 heteroatoms. The van der Waals surface area contributed by atoms with Gasteiger partial charge in [0, 0.05) is 25.2 Å². The maximum Gasteiger partial charge on any atom is 0.232 e. The van der Waals surface area contributed by atoms with Gasteiger partial charge in [-0.1, -0.05) is 43.4 Å². The van der Waals surface area contributed by atoms with Gasteiger partial charge in [0.2, 0.25) is 5.91 Å². The Labute approximate surface area is 193 Å². The van der Waals surface area contributed by atoms with E-state index in [4.69, 9.17) is 19.2 Å². The lowest BCUT2D eigenvalue weighted by Crippen LogP contribution is -2.39. The van der Waals surface area contributed by atoms with Crippen LogP contribution in [0.2, 0.25) is 0 Å². The SMILES string of the molecule is CCN(CC)CCN(C(=O)CCOc1ccccc1)c1nc2cc(OC)c(OC)cc2s1. The molecule has 0 aliphatic carbocycles. The van der Waals surface area contributed by atoms with Gasteiger partial charge in [0.25, 0.3) is 0 Å². The molecule has 32 heavy (non-hydrogen) atoms. The summed E-state index contributed by atoms with van der Waals surface area (Å²) in [6, 6.07) is 13.3. The molecule has 0 atom stereocenters. The Balaban J connectivity index is 1.80. The van der Waals surface area contributed by atoms with Crippen LogP contribution in [0, 0.1) is 0 Å². The average molecular weight is 458 g/mol. The molecule has 0 spiro atoms. The van der Waals surface area contributed by atoms with Crippen LogP contribution in [0.15, 0.2) is 42.5 Å². The monoisotopic (exact) mass is 457 g/mol. The molecular formula is C24H31N3O4S. The fourth-order valence-corrected chi connectivity index (χ4v) is 4.39. The number of anilines is 1. The summed E-state index contributed by atoms with van der Waals surface area (Å²) >= 11 is 1.48. The van der Waals surface area contributed by atoms with Crippen molar-refractivity contribution >= 4 is 32.6 Å². The van der Waals surface area contributed by atoms with E-state index in [1.165, 1.54) is 11.3 Å². The number of hydrogen-bond donors (Lipinski definition) is 0. The van der Waals surface area contributed by atoms with E-state index < -0.39 is 0 Å². The van der Waals surface area contributed by atoms with Crippen LogP contribution in [0.1, 0.15) is 20.3 Å². The van der Waals surface area contributed by atoms with Gasteiger partial charge in [-0.15, -0.1) is 0 Å². The third-order valence-electron chi connectivity index (χ3n) is 5.28. The number of rotatable bonds is 12. The maximum atomic E-state index is 13.2. The van der Waals surface area contributed by atoms with Gasteiger partial charge in [0.15, 0.2) is 16.6 Å². The molecule has 3 rings (SSSR count). The lowest BCUT2D eigenvalue weighted by atomic mass is 10.3. The third kappa shape index (κ3) is 5.89. The fourth-order valence-electron chi connectivity index (χ4n) is 3.37. The standard InChI is InChI=1S/C24H31N3O4S/c1-5-26(6-2)13-14-27(23(28)12-15-31-18-10-8-7-9-11-18)24-25-19-16-20(29-3)21(30-4)17-22(19)32-24/h7-11,16-17H,5-6,12-15H2,1-4H3.